The van der Waals surface area contributed by atoms with E-state index in [1.54, 1.807) is 42.5 Å². The first-order valence-corrected chi connectivity index (χ1v) is 15.7. The van der Waals surface area contributed by atoms with Crippen LogP contribution in [0.2, 0.25) is 0 Å². The van der Waals surface area contributed by atoms with Gasteiger partial charge in [-0.3, -0.25) is 0 Å². The summed E-state index contributed by atoms with van der Waals surface area (Å²) in [7, 11) is 0. The minimum Gasteiger partial charge on any atom is -0.501 e. The summed E-state index contributed by atoms with van der Waals surface area (Å²) in [6.45, 7) is -12.0. The Kier molecular flexibility index (Phi) is 5.87. The molecule has 4 aromatic carbocycles. The van der Waals surface area contributed by atoms with Gasteiger partial charge in [0, 0.05) is 61.2 Å². The number of benzene rings is 4. The number of hydrogen-bond donors (Lipinski definition) is 0. The maximum absolute atomic E-state index is 8.84. The van der Waals surface area contributed by atoms with Gasteiger partial charge in [-0.2, -0.15) is 0 Å². The van der Waals surface area contributed by atoms with Gasteiger partial charge in [0.05, 0.1) is 5.58 Å². The maximum Gasteiger partial charge on any atom is 0.120 e. The molecule has 3 nitrogen and oxygen atoms in total. The van der Waals surface area contributed by atoms with E-state index in [1.165, 1.54) is 54.9 Å². The van der Waals surface area contributed by atoms with E-state index in [4.69, 9.17) is 27.7 Å². The molecule has 8 rings (SSSR count). The van der Waals surface area contributed by atoms with E-state index in [0.29, 0.717) is 38.8 Å². The van der Waals surface area contributed by atoms with E-state index >= 15 is 0 Å². The van der Waals surface area contributed by atoms with Crippen LogP contribution in [0.3, 0.4) is 0 Å². The van der Waals surface area contributed by atoms with Crippen molar-refractivity contribution in [2.45, 2.75) is 66.3 Å². The minimum atomic E-state index is -2.67. The van der Waals surface area contributed by atoms with Gasteiger partial charge >= 0.3 is 0 Å². The molecule has 1 radical (unpaired) electrons. The molecule has 1 aliphatic carbocycles. The molecule has 4 heteroatoms. The zero-order valence-electron chi connectivity index (χ0n) is 43.3. The summed E-state index contributed by atoms with van der Waals surface area (Å²) < 4.78 is 140. The normalized spacial score (nSPS) is 19.6. The molecule has 0 N–H and O–H groups in total. The van der Waals surface area contributed by atoms with Crippen LogP contribution in [0.15, 0.2) is 102 Å². The number of hydrogen-bond acceptors (Lipinski definition) is 3. The molecule has 0 unspecified atom stereocenters. The SMILES string of the molecule is [2H]C([2H])([2H])c1c[c-]c(-c2ccc(C([2H])([2H])[2H])cn2)cc1.[2H]C([2H])([2H])c1ccc2oc3c(-c4cc(-c5ccc(C([2H])([2H])C6CCCC6)cc5C([2H])([2H])[2H])c(C([2H])([2H])[2H])cn4)[c-]ccc3c2c1.[Ir]. The Morgan fingerprint density at radius 3 is 2.31 bits per heavy atom. The van der Waals surface area contributed by atoms with Crippen molar-refractivity contribution < 1.29 is 47.8 Å². The van der Waals surface area contributed by atoms with Gasteiger partial charge in [0.25, 0.3) is 0 Å². The van der Waals surface area contributed by atoms with Crippen LogP contribution >= 0.6 is 0 Å². The summed E-state index contributed by atoms with van der Waals surface area (Å²) in [5.41, 5.74) is 3.43. The summed E-state index contributed by atoms with van der Waals surface area (Å²) in [6.07, 6.45) is 4.04. The Morgan fingerprint density at radius 1 is 0.735 bits per heavy atom. The predicted molar refractivity (Wildman–Crippen MR) is 199 cm³/mol. The molecule has 3 aromatic heterocycles. The van der Waals surface area contributed by atoms with Crippen LogP contribution in [0, 0.1) is 52.3 Å². The fourth-order valence-corrected chi connectivity index (χ4v) is 6.06. The Bertz CT molecular complexity index is 2780. The van der Waals surface area contributed by atoms with E-state index < -0.39 is 40.6 Å². The van der Waals surface area contributed by atoms with Gasteiger partial charge in [-0.05, 0) is 96.6 Å². The predicted octanol–water partition coefficient (Wildman–Crippen LogP) is 11.9. The molecule has 249 valence electrons. The fraction of sp³-hybridized carbons (Fsp3) is 0.244. The molecule has 0 amide bonds. The topological polar surface area (TPSA) is 38.9 Å². The third-order valence-corrected chi connectivity index (χ3v) is 8.48. The van der Waals surface area contributed by atoms with Gasteiger partial charge in [0.2, 0.25) is 0 Å². The van der Waals surface area contributed by atoms with Crippen molar-refractivity contribution in [3.8, 4) is 33.6 Å². The van der Waals surface area contributed by atoms with Crippen LogP contribution in [-0.4, -0.2) is 9.97 Å². The zero-order chi connectivity index (χ0) is 47.5. The average molecular weight is 836 g/mol. The molecule has 0 spiro atoms. The second kappa shape index (κ2) is 15.0. The molecule has 0 bridgehead atoms. The van der Waals surface area contributed by atoms with E-state index in [-0.39, 0.29) is 76.2 Å². The van der Waals surface area contributed by atoms with Crippen LogP contribution in [0.5, 0.6) is 0 Å². The molecule has 49 heavy (non-hydrogen) atoms. The Morgan fingerprint density at radius 2 is 1.55 bits per heavy atom. The monoisotopic (exact) mass is 836 g/mol. The second-order valence-corrected chi connectivity index (χ2v) is 11.8. The fourth-order valence-electron chi connectivity index (χ4n) is 6.06. The molecule has 0 atom stereocenters. The molecular weight excluding hydrogens is 777 g/mol. The van der Waals surface area contributed by atoms with Gasteiger partial charge in [-0.1, -0.05) is 91.5 Å². The Labute approximate surface area is 328 Å². The van der Waals surface area contributed by atoms with Crippen molar-refractivity contribution >= 4 is 21.9 Å². The summed E-state index contributed by atoms with van der Waals surface area (Å²) >= 11 is 0. The Balaban J connectivity index is 0.000000288. The van der Waals surface area contributed by atoms with Crippen molar-refractivity contribution in [3.63, 3.8) is 0 Å². The molecule has 1 aliphatic rings. The number of rotatable bonds is 5. The first-order valence-electron chi connectivity index (χ1n) is 24.2. The van der Waals surface area contributed by atoms with Crippen molar-refractivity contribution in [3.05, 3.63) is 143 Å². The van der Waals surface area contributed by atoms with Crippen LogP contribution in [0.4, 0.5) is 0 Å². The maximum atomic E-state index is 8.84. The average Bonchev–Trinajstić information content (AvgIpc) is 3.92. The van der Waals surface area contributed by atoms with Gasteiger partial charge in [0.1, 0.15) is 5.58 Å². The molecule has 1 saturated carbocycles. The standard InChI is InChI=1S/C32H30NO.C13H12N.Ir/c1-20-11-14-31-29(15-20)26-9-6-10-27(32(26)34-31)30-18-28(22(3)19-33-30)25-13-12-24(16-21(25)2)17-23-7-4-5-8-23;1-10-3-6-12(7-4-10)13-8-5-11(2)9-14-13;/h6,9,11-16,18-19,23H,4-5,7-8,17H2,1-3H3;3-6,8-9H,1-2H3;/q2*-1;/i1D3,2D3,3D3,17D2;1D3,2D3;. The van der Waals surface area contributed by atoms with E-state index in [0.717, 1.165) is 25.7 Å². The molecule has 7 aromatic rings. The largest absolute Gasteiger partial charge is 0.501 e. The molecular formula is C45H42IrN2O-2. The van der Waals surface area contributed by atoms with Crippen molar-refractivity contribution in [2.75, 3.05) is 0 Å². The summed E-state index contributed by atoms with van der Waals surface area (Å²) in [5.74, 6) is -0.228. The van der Waals surface area contributed by atoms with Crippen LogP contribution in [-0.2, 0) is 26.5 Å². The van der Waals surface area contributed by atoms with Gasteiger partial charge in [0.15, 0.2) is 0 Å². The van der Waals surface area contributed by atoms with Gasteiger partial charge < -0.3 is 14.4 Å². The minimum absolute atomic E-state index is 0. The molecule has 1 fully saturated rings. The summed E-state index contributed by atoms with van der Waals surface area (Å²) in [5, 5.41) is 1.21. The number of fused-ring (bicyclic) bond motifs is 3. The van der Waals surface area contributed by atoms with E-state index in [2.05, 4.69) is 22.1 Å². The second-order valence-electron chi connectivity index (χ2n) is 11.8. The number of aryl methyl sites for hydroxylation is 5. The first-order chi connectivity index (χ1) is 30.1. The third-order valence-electron chi connectivity index (χ3n) is 8.48. The van der Waals surface area contributed by atoms with Crippen molar-refractivity contribution in [2.24, 2.45) is 5.92 Å². The van der Waals surface area contributed by atoms with Crippen LogP contribution in [0.25, 0.3) is 55.6 Å². The van der Waals surface area contributed by atoms with E-state index in [9.17, 15) is 0 Å². The zero-order valence-corrected chi connectivity index (χ0v) is 28.7. The van der Waals surface area contributed by atoms with Crippen LogP contribution in [0.1, 0.15) is 82.4 Å². The van der Waals surface area contributed by atoms with Crippen molar-refractivity contribution in [1.29, 1.82) is 0 Å². The quantitative estimate of drug-likeness (QED) is 0.162. The molecule has 0 saturated heterocycles. The molecule has 3 heterocycles. The number of pyridine rings is 2. The van der Waals surface area contributed by atoms with Crippen molar-refractivity contribution in [1.82, 2.24) is 9.97 Å². The smallest absolute Gasteiger partial charge is 0.120 e. The van der Waals surface area contributed by atoms with Gasteiger partial charge in [-0.25, -0.2) is 0 Å². The summed E-state index contributed by atoms with van der Waals surface area (Å²) in [4.78, 5) is 8.51. The summed E-state index contributed by atoms with van der Waals surface area (Å²) in [6, 6.07) is 27.5. The van der Waals surface area contributed by atoms with Crippen LogP contribution < -0.4 is 0 Å². The number of aromatic nitrogens is 2. The first kappa shape index (κ1) is 19.1. The number of furan rings is 1. The molecule has 0 aliphatic heterocycles. The van der Waals surface area contributed by atoms with E-state index in [1.807, 2.05) is 0 Å². The van der Waals surface area contributed by atoms with Gasteiger partial charge in [-0.15, -0.1) is 53.6 Å². The Hall–Kier alpha value is -4.37. The number of nitrogens with zero attached hydrogens (tertiary/aromatic N) is 2. The third kappa shape index (κ3) is 7.62.